The molecule has 0 N–H and O–H groups in total. The van der Waals surface area contributed by atoms with Crippen molar-refractivity contribution in [3.63, 3.8) is 0 Å². The molecule has 5 heteroatoms. The minimum Gasteiger partial charge on any atom is -0.616 e. The number of carbonyl (C=O) groups excluding carboxylic acids is 1. The monoisotopic (exact) mass is 314 g/mol. The lowest BCUT2D eigenvalue weighted by molar-refractivity contribution is -0.0234. The van der Waals surface area contributed by atoms with Gasteiger partial charge in [-0.3, -0.25) is 0 Å². The van der Waals surface area contributed by atoms with Crippen molar-refractivity contribution in [3.8, 4) is 48.4 Å². The van der Waals surface area contributed by atoms with Crippen molar-refractivity contribution in [1.29, 1.82) is 0 Å². The lowest BCUT2D eigenvalue weighted by Crippen LogP contribution is -2.32. The van der Waals surface area contributed by atoms with Gasteiger partial charge in [0.05, 0.1) is 11.8 Å². The summed E-state index contributed by atoms with van der Waals surface area (Å²) in [6.07, 6.45) is 9.61. The Kier molecular flexibility index (Phi) is 5.68. The van der Waals surface area contributed by atoms with Crippen LogP contribution in [0.1, 0.15) is 12.8 Å². The highest BCUT2D eigenvalue weighted by atomic mass is 32.2. The molecule has 0 radical (unpaired) electrons. The summed E-state index contributed by atoms with van der Waals surface area (Å²) in [5, 5.41) is 0. The quantitative estimate of drug-likeness (QED) is 0.379. The van der Waals surface area contributed by atoms with Crippen molar-refractivity contribution in [2.75, 3.05) is 11.5 Å². The molecule has 0 bridgehead atoms. The molecule has 2 saturated heterocycles. The number of rotatable bonds is 0. The van der Waals surface area contributed by atoms with E-state index in [1.807, 2.05) is 0 Å². The fourth-order valence-corrected chi connectivity index (χ4v) is 3.69. The topological polar surface area (TPSA) is 58.6 Å². The molecule has 0 saturated carbocycles. The second kappa shape index (κ2) is 7.72. The summed E-state index contributed by atoms with van der Waals surface area (Å²) in [5.41, 5.74) is 0. The maximum absolute atomic E-state index is 11.6. The summed E-state index contributed by atoms with van der Waals surface area (Å²) >= 11 is -0.922. The first-order valence-electron chi connectivity index (χ1n) is 6.76. The van der Waals surface area contributed by atoms with Crippen LogP contribution in [0.2, 0.25) is 0 Å². The van der Waals surface area contributed by atoms with Crippen LogP contribution in [0, 0.1) is 60.2 Å². The SMILES string of the molecule is C#CC1CC(C#CC#CC2CC(C#C)OC(=O)O2)C[S+]([O-])C1. The fraction of sp³-hybridized carbons (Fsp3) is 0.471. The van der Waals surface area contributed by atoms with Crippen LogP contribution >= 0.6 is 0 Å². The number of carbonyl (C=O) groups is 1. The van der Waals surface area contributed by atoms with Crippen molar-refractivity contribution >= 4 is 17.3 Å². The van der Waals surface area contributed by atoms with Gasteiger partial charge in [0.15, 0.2) is 12.2 Å². The molecule has 4 nitrogen and oxygen atoms in total. The summed E-state index contributed by atoms with van der Waals surface area (Å²) < 4.78 is 21.3. The minimum absolute atomic E-state index is 0.00896. The van der Waals surface area contributed by atoms with E-state index in [4.69, 9.17) is 22.3 Å². The van der Waals surface area contributed by atoms with E-state index in [0.717, 1.165) is 6.42 Å². The summed E-state index contributed by atoms with van der Waals surface area (Å²) in [5.74, 6) is 17.1. The predicted octanol–water partition coefficient (Wildman–Crippen LogP) is 0.939. The number of hydrogen-bond acceptors (Lipinski definition) is 4. The summed E-state index contributed by atoms with van der Waals surface area (Å²) in [4.78, 5) is 11.1. The maximum atomic E-state index is 11.6. The zero-order valence-corrected chi connectivity index (χ0v) is 12.7. The van der Waals surface area contributed by atoms with Crippen molar-refractivity contribution < 1.29 is 18.8 Å². The first-order valence-corrected chi connectivity index (χ1v) is 8.25. The van der Waals surface area contributed by atoms with Gasteiger partial charge in [-0.2, -0.15) is 0 Å². The van der Waals surface area contributed by atoms with Gasteiger partial charge in [0.2, 0.25) is 0 Å². The number of ether oxygens (including phenoxy) is 2. The van der Waals surface area contributed by atoms with Crippen molar-refractivity contribution in [3.05, 3.63) is 0 Å². The first kappa shape index (κ1) is 16.2. The number of cyclic esters (lactones) is 2. The standard InChI is InChI=1S/C17H14O4S/c1-3-13-9-14(12-22(19)11-13)7-5-6-8-16-10-15(4-2)20-17(18)21-16/h1-2,13-16H,9-12H2. The van der Waals surface area contributed by atoms with Gasteiger partial charge in [-0.25, -0.2) is 4.79 Å². The second-order valence-corrected chi connectivity index (χ2v) is 6.52. The average Bonchev–Trinajstić information content (AvgIpc) is 2.50. The van der Waals surface area contributed by atoms with Crippen LogP contribution < -0.4 is 0 Å². The van der Waals surface area contributed by atoms with Gasteiger partial charge < -0.3 is 14.0 Å². The van der Waals surface area contributed by atoms with Gasteiger partial charge in [0, 0.05) is 6.42 Å². The molecule has 5 unspecified atom stereocenters. The molecule has 0 aliphatic carbocycles. The van der Waals surface area contributed by atoms with E-state index in [1.54, 1.807) is 0 Å². The van der Waals surface area contributed by atoms with Crippen LogP contribution in [-0.2, 0) is 20.6 Å². The summed E-state index contributed by atoms with van der Waals surface area (Å²) in [6, 6.07) is 0. The van der Waals surface area contributed by atoms with Gasteiger partial charge >= 0.3 is 6.16 Å². The largest absolute Gasteiger partial charge is 0.616 e. The van der Waals surface area contributed by atoms with Crippen LogP contribution in [0.25, 0.3) is 0 Å². The molecule has 0 aromatic carbocycles. The molecule has 0 aromatic rings. The second-order valence-electron chi connectivity index (χ2n) is 4.97. The molecular weight excluding hydrogens is 300 g/mol. The molecule has 5 atom stereocenters. The Morgan fingerprint density at radius 1 is 1.00 bits per heavy atom. The molecule has 22 heavy (non-hydrogen) atoms. The normalized spacial score (nSPS) is 33.4. The van der Waals surface area contributed by atoms with Gasteiger partial charge in [0.1, 0.15) is 11.5 Å². The third-order valence-electron chi connectivity index (χ3n) is 3.24. The van der Waals surface area contributed by atoms with Crippen LogP contribution in [0.3, 0.4) is 0 Å². The molecule has 2 heterocycles. The zero-order chi connectivity index (χ0) is 15.9. The summed E-state index contributed by atoms with van der Waals surface area (Å²) in [7, 11) is 0. The van der Waals surface area contributed by atoms with Crippen LogP contribution in [0.15, 0.2) is 0 Å². The third-order valence-corrected chi connectivity index (χ3v) is 4.79. The molecule has 2 fully saturated rings. The molecule has 2 rings (SSSR count). The van der Waals surface area contributed by atoms with E-state index in [2.05, 4.69) is 35.5 Å². The molecule has 112 valence electrons. The van der Waals surface area contributed by atoms with E-state index < -0.39 is 29.5 Å². The Morgan fingerprint density at radius 3 is 2.41 bits per heavy atom. The lowest BCUT2D eigenvalue weighted by Gasteiger charge is -2.24. The van der Waals surface area contributed by atoms with Gasteiger partial charge in [-0.15, -0.1) is 12.8 Å². The highest BCUT2D eigenvalue weighted by Gasteiger charge is 2.28. The Hall–Kier alpha value is -2.18. The zero-order valence-electron chi connectivity index (χ0n) is 11.8. The number of terminal acetylenes is 2. The van der Waals surface area contributed by atoms with Crippen LogP contribution in [0.4, 0.5) is 4.79 Å². The predicted molar refractivity (Wildman–Crippen MR) is 82.5 cm³/mol. The van der Waals surface area contributed by atoms with E-state index in [-0.39, 0.29) is 11.8 Å². The first-order chi connectivity index (χ1) is 10.6. The van der Waals surface area contributed by atoms with Crippen molar-refractivity contribution in [2.24, 2.45) is 11.8 Å². The summed E-state index contributed by atoms with van der Waals surface area (Å²) in [6.45, 7) is 0. The fourth-order valence-electron chi connectivity index (χ4n) is 2.21. The molecule has 2 aliphatic heterocycles. The molecule has 2 aliphatic rings. The maximum Gasteiger partial charge on any atom is 0.510 e. The van der Waals surface area contributed by atoms with Gasteiger partial charge in [0.25, 0.3) is 0 Å². The van der Waals surface area contributed by atoms with Crippen molar-refractivity contribution in [2.45, 2.75) is 25.0 Å². The highest BCUT2D eigenvalue weighted by Crippen LogP contribution is 2.22. The Bertz CT molecular complexity index is 634. The van der Waals surface area contributed by atoms with Crippen LogP contribution in [-0.4, -0.2) is 34.4 Å². The van der Waals surface area contributed by atoms with E-state index in [9.17, 15) is 9.35 Å². The molecular formula is C17H14O4S. The minimum atomic E-state index is -0.922. The van der Waals surface area contributed by atoms with E-state index in [1.165, 1.54) is 0 Å². The van der Waals surface area contributed by atoms with Gasteiger partial charge in [-0.05, 0) is 24.2 Å². The number of hydrogen-bond donors (Lipinski definition) is 0. The average molecular weight is 314 g/mol. The Balaban J connectivity index is 1.92. The molecule has 0 amide bonds. The Morgan fingerprint density at radius 2 is 1.68 bits per heavy atom. The van der Waals surface area contributed by atoms with Crippen LogP contribution in [0.5, 0.6) is 0 Å². The smallest absolute Gasteiger partial charge is 0.510 e. The lowest BCUT2D eigenvalue weighted by atomic mass is 9.97. The Labute approximate surface area is 133 Å². The van der Waals surface area contributed by atoms with E-state index >= 15 is 0 Å². The van der Waals surface area contributed by atoms with Gasteiger partial charge in [-0.1, -0.05) is 28.9 Å². The highest BCUT2D eigenvalue weighted by molar-refractivity contribution is 7.91. The molecule has 0 aromatic heterocycles. The van der Waals surface area contributed by atoms with Crippen molar-refractivity contribution in [1.82, 2.24) is 0 Å². The third kappa shape index (κ3) is 4.68. The van der Waals surface area contributed by atoms with E-state index in [0.29, 0.717) is 17.9 Å². The molecule has 0 spiro atoms.